The van der Waals surface area contributed by atoms with Crippen LogP contribution in [0.4, 0.5) is 0 Å². The minimum Gasteiger partial charge on any atom is -0.469 e. The minimum absolute atomic E-state index is 0.0666. The first-order valence-corrected chi connectivity index (χ1v) is 15.7. The van der Waals surface area contributed by atoms with E-state index in [9.17, 15) is 19.2 Å². The summed E-state index contributed by atoms with van der Waals surface area (Å²) in [6.45, 7) is 23.3. The number of carbonyl (C=O) groups excluding carboxylic acids is 4. The van der Waals surface area contributed by atoms with Gasteiger partial charge in [-0.25, -0.2) is 0 Å². The Bertz CT molecular complexity index is 1060. The molecule has 246 valence electrons. The van der Waals surface area contributed by atoms with Crippen molar-refractivity contribution in [3.8, 4) is 0 Å². The van der Waals surface area contributed by atoms with Gasteiger partial charge in [0.05, 0.1) is 62.3 Å². The Morgan fingerprint density at radius 2 is 0.953 bits per heavy atom. The largest absolute Gasteiger partial charge is 0.469 e. The van der Waals surface area contributed by atoms with Crippen molar-refractivity contribution < 1.29 is 42.9 Å². The van der Waals surface area contributed by atoms with Crippen LogP contribution in [-0.2, 0) is 42.9 Å². The standard InChI is InChI=1S/C34H56O9/c1-18(34(10,11)17-22-26-25(29(37)43-30(26)38)20(42-22)15-32(5,6)7)33(8,9)16-21-24(28(36)40-13)23(27(35)39-12)19(41-21)14-31(2,3)4/h18-26H,14-17H2,1-13H3. The van der Waals surface area contributed by atoms with E-state index >= 15 is 0 Å². The predicted molar refractivity (Wildman–Crippen MR) is 161 cm³/mol. The molecule has 3 saturated heterocycles. The summed E-state index contributed by atoms with van der Waals surface area (Å²) in [5.41, 5.74) is -0.894. The maximum absolute atomic E-state index is 13.1. The quantitative estimate of drug-likeness (QED) is 0.174. The van der Waals surface area contributed by atoms with Crippen molar-refractivity contribution in [1.82, 2.24) is 0 Å². The van der Waals surface area contributed by atoms with E-state index in [0.717, 1.165) is 0 Å². The highest BCUT2D eigenvalue weighted by Gasteiger charge is 2.60. The average molecular weight is 609 g/mol. The summed E-state index contributed by atoms with van der Waals surface area (Å²) in [5.74, 6) is -4.54. The molecule has 9 heteroatoms. The summed E-state index contributed by atoms with van der Waals surface area (Å²) < 4.78 is 28.5. The Balaban J connectivity index is 1.85. The molecule has 0 amide bonds. The summed E-state index contributed by atoms with van der Waals surface area (Å²) in [6.07, 6.45) is 0.495. The number of rotatable bonds is 10. The molecule has 0 aromatic rings. The molecule has 0 N–H and O–H groups in total. The molecule has 3 aliphatic rings. The van der Waals surface area contributed by atoms with Gasteiger partial charge in [-0.3, -0.25) is 19.2 Å². The lowest BCUT2D eigenvalue weighted by molar-refractivity contribution is -0.159. The fraction of sp³-hybridized carbons (Fsp3) is 0.882. The van der Waals surface area contributed by atoms with Crippen LogP contribution >= 0.6 is 0 Å². The number of ether oxygens (including phenoxy) is 5. The van der Waals surface area contributed by atoms with Gasteiger partial charge < -0.3 is 23.7 Å². The molecule has 0 radical (unpaired) electrons. The molecule has 3 heterocycles. The predicted octanol–water partition coefficient (Wildman–Crippen LogP) is 5.76. The first-order valence-electron chi connectivity index (χ1n) is 15.7. The molecule has 43 heavy (non-hydrogen) atoms. The number of hydrogen-bond acceptors (Lipinski definition) is 9. The lowest BCUT2D eigenvalue weighted by Crippen LogP contribution is -2.42. The number of esters is 4. The molecule has 0 saturated carbocycles. The zero-order valence-electron chi connectivity index (χ0n) is 28.7. The van der Waals surface area contributed by atoms with Gasteiger partial charge in [-0.1, -0.05) is 76.2 Å². The van der Waals surface area contributed by atoms with E-state index in [1.807, 2.05) is 0 Å². The van der Waals surface area contributed by atoms with E-state index in [-0.39, 0.29) is 33.7 Å². The van der Waals surface area contributed by atoms with Gasteiger partial charge in [-0.2, -0.15) is 0 Å². The van der Waals surface area contributed by atoms with Crippen LogP contribution in [0.15, 0.2) is 0 Å². The van der Waals surface area contributed by atoms with Crippen LogP contribution in [0.1, 0.15) is 102 Å². The first-order chi connectivity index (χ1) is 19.5. The summed E-state index contributed by atoms with van der Waals surface area (Å²) in [5, 5.41) is 0. The molecule has 3 rings (SSSR count). The number of methoxy groups -OCH3 is 2. The molecule has 9 unspecified atom stereocenters. The third kappa shape index (κ3) is 7.81. The fourth-order valence-electron chi connectivity index (χ4n) is 7.77. The second-order valence-corrected chi connectivity index (χ2v) is 17.0. The summed E-state index contributed by atoms with van der Waals surface area (Å²) in [7, 11) is 2.67. The van der Waals surface area contributed by atoms with E-state index in [2.05, 4.69) is 76.2 Å². The van der Waals surface area contributed by atoms with Crippen LogP contribution in [0.25, 0.3) is 0 Å². The molecular weight excluding hydrogens is 552 g/mol. The van der Waals surface area contributed by atoms with Gasteiger partial charge >= 0.3 is 23.9 Å². The highest BCUT2D eigenvalue weighted by Crippen LogP contribution is 2.53. The minimum atomic E-state index is -0.782. The topological polar surface area (TPSA) is 114 Å². The van der Waals surface area contributed by atoms with Crippen molar-refractivity contribution in [2.24, 2.45) is 51.2 Å². The SMILES string of the molecule is COC(=O)C1C(CC(C)(C)C)OC(CC(C)(C)C(C)C(C)(C)CC2OC(CC(C)(C)C)C3C(=O)OC(=O)C23)C1C(=O)OC. The van der Waals surface area contributed by atoms with Crippen molar-refractivity contribution in [2.45, 2.75) is 126 Å². The summed E-state index contributed by atoms with van der Waals surface area (Å²) in [6, 6.07) is 0. The Kier molecular flexibility index (Phi) is 10.2. The first kappa shape index (κ1) is 35.5. The summed E-state index contributed by atoms with van der Waals surface area (Å²) >= 11 is 0. The van der Waals surface area contributed by atoms with Gasteiger partial charge in [0.25, 0.3) is 0 Å². The zero-order valence-corrected chi connectivity index (χ0v) is 28.7. The van der Waals surface area contributed by atoms with Crippen LogP contribution < -0.4 is 0 Å². The molecule has 9 nitrogen and oxygen atoms in total. The van der Waals surface area contributed by atoms with E-state index in [4.69, 9.17) is 23.7 Å². The number of fused-ring (bicyclic) bond motifs is 1. The van der Waals surface area contributed by atoms with Gasteiger partial charge in [0.15, 0.2) is 0 Å². The van der Waals surface area contributed by atoms with Crippen LogP contribution in [0, 0.1) is 51.2 Å². The third-order valence-electron chi connectivity index (χ3n) is 10.2. The number of carbonyl (C=O) groups is 4. The fourth-order valence-corrected chi connectivity index (χ4v) is 7.77. The molecule has 0 spiro atoms. The maximum atomic E-state index is 13.1. The van der Waals surface area contributed by atoms with Crippen LogP contribution in [0.5, 0.6) is 0 Å². The second-order valence-electron chi connectivity index (χ2n) is 17.0. The smallest absolute Gasteiger partial charge is 0.320 e. The van der Waals surface area contributed by atoms with E-state index < -0.39 is 65.9 Å². The molecule has 9 atom stereocenters. The second kappa shape index (κ2) is 12.4. The monoisotopic (exact) mass is 608 g/mol. The van der Waals surface area contributed by atoms with Crippen molar-refractivity contribution in [2.75, 3.05) is 14.2 Å². The molecule has 0 bridgehead atoms. The van der Waals surface area contributed by atoms with Gasteiger partial charge in [0.2, 0.25) is 0 Å². The molecular formula is C34H56O9. The zero-order chi connectivity index (χ0) is 32.9. The lowest BCUT2D eigenvalue weighted by Gasteiger charge is -2.45. The van der Waals surface area contributed by atoms with E-state index in [1.54, 1.807) is 0 Å². The van der Waals surface area contributed by atoms with Crippen LogP contribution in [0.3, 0.4) is 0 Å². The molecule has 3 fully saturated rings. The van der Waals surface area contributed by atoms with Gasteiger partial charge in [0.1, 0.15) is 0 Å². The molecule has 0 aliphatic carbocycles. The van der Waals surface area contributed by atoms with Gasteiger partial charge in [-0.05, 0) is 53.3 Å². The van der Waals surface area contributed by atoms with E-state index in [0.29, 0.717) is 25.7 Å². The van der Waals surface area contributed by atoms with Crippen LogP contribution in [-0.4, -0.2) is 62.5 Å². The number of cyclic esters (lactones) is 2. The maximum Gasteiger partial charge on any atom is 0.320 e. The van der Waals surface area contributed by atoms with Crippen LogP contribution in [0.2, 0.25) is 0 Å². The molecule has 0 aromatic heterocycles. The van der Waals surface area contributed by atoms with Gasteiger partial charge in [0, 0.05) is 0 Å². The van der Waals surface area contributed by atoms with Gasteiger partial charge in [-0.15, -0.1) is 0 Å². The Labute approximate surface area is 258 Å². The normalized spacial score (nSPS) is 32.4. The van der Waals surface area contributed by atoms with E-state index in [1.165, 1.54) is 14.2 Å². The Morgan fingerprint density at radius 1 is 0.628 bits per heavy atom. The Morgan fingerprint density at radius 3 is 1.35 bits per heavy atom. The van der Waals surface area contributed by atoms with Crippen molar-refractivity contribution >= 4 is 23.9 Å². The number of hydrogen-bond donors (Lipinski definition) is 0. The highest BCUT2D eigenvalue weighted by molar-refractivity contribution is 5.97. The lowest BCUT2D eigenvalue weighted by atomic mass is 9.61. The average Bonchev–Trinajstić information content (AvgIpc) is 3.46. The van der Waals surface area contributed by atoms with Crippen molar-refractivity contribution in [1.29, 1.82) is 0 Å². The van der Waals surface area contributed by atoms with Crippen molar-refractivity contribution in [3.63, 3.8) is 0 Å². The third-order valence-corrected chi connectivity index (χ3v) is 10.2. The van der Waals surface area contributed by atoms with Crippen molar-refractivity contribution in [3.05, 3.63) is 0 Å². The molecule has 0 aromatic carbocycles. The summed E-state index contributed by atoms with van der Waals surface area (Å²) in [4.78, 5) is 51.6. The highest BCUT2D eigenvalue weighted by atomic mass is 16.6. The molecule has 3 aliphatic heterocycles. The Hall–Kier alpha value is -2.00.